The highest BCUT2D eigenvalue weighted by molar-refractivity contribution is 5.25. The SMILES string of the molecule is C[C@H](c1ccccc1)N1C[C@]2(C)CCC[C@@]1(C#N)C2. The first kappa shape index (κ1) is 12.7. The molecule has 2 aliphatic rings. The van der Waals surface area contributed by atoms with E-state index in [1.807, 2.05) is 0 Å². The molecule has 2 heteroatoms. The zero-order valence-corrected chi connectivity index (χ0v) is 11.9. The van der Waals surface area contributed by atoms with Gasteiger partial charge in [0.15, 0.2) is 0 Å². The lowest BCUT2D eigenvalue weighted by Gasteiger charge is -2.37. The van der Waals surface area contributed by atoms with Crippen LogP contribution in [-0.4, -0.2) is 17.0 Å². The predicted molar refractivity (Wildman–Crippen MR) is 76.5 cm³/mol. The Bertz CT molecular complexity index is 504. The predicted octanol–water partition coefficient (Wildman–Crippen LogP) is 3.91. The van der Waals surface area contributed by atoms with E-state index in [0.29, 0.717) is 11.5 Å². The maximum absolute atomic E-state index is 9.76. The van der Waals surface area contributed by atoms with Crippen molar-refractivity contribution in [3.63, 3.8) is 0 Å². The highest BCUT2D eigenvalue weighted by Crippen LogP contribution is 2.53. The molecular formula is C17H22N2. The van der Waals surface area contributed by atoms with Crippen LogP contribution >= 0.6 is 0 Å². The van der Waals surface area contributed by atoms with E-state index >= 15 is 0 Å². The number of likely N-dealkylation sites (tertiary alicyclic amines) is 1. The fraction of sp³-hybridized carbons (Fsp3) is 0.588. The number of nitrogens with zero attached hydrogens (tertiary/aromatic N) is 2. The zero-order valence-electron chi connectivity index (χ0n) is 11.9. The van der Waals surface area contributed by atoms with Gasteiger partial charge in [-0.15, -0.1) is 0 Å². The molecule has 0 spiro atoms. The van der Waals surface area contributed by atoms with Crippen LogP contribution in [0.4, 0.5) is 0 Å². The lowest BCUT2D eigenvalue weighted by atomic mass is 9.72. The van der Waals surface area contributed by atoms with Gasteiger partial charge < -0.3 is 0 Å². The Labute approximate surface area is 116 Å². The molecule has 0 amide bonds. The molecule has 1 heterocycles. The Morgan fingerprint density at radius 1 is 1.26 bits per heavy atom. The van der Waals surface area contributed by atoms with Gasteiger partial charge >= 0.3 is 0 Å². The zero-order chi connectivity index (χ0) is 13.5. The van der Waals surface area contributed by atoms with Crippen LogP contribution in [0.3, 0.4) is 0 Å². The van der Waals surface area contributed by atoms with Gasteiger partial charge in [0.2, 0.25) is 0 Å². The van der Waals surface area contributed by atoms with Gasteiger partial charge in [0, 0.05) is 12.6 Å². The van der Waals surface area contributed by atoms with Gasteiger partial charge in [0.05, 0.1) is 6.07 Å². The number of hydrogen-bond acceptors (Lipinski definition) is 2. The van der Waals surface area contributed by atoms with E-state index in [2.05, 4.69) is 55.1 Å². The van der Waals surface area contributed by atoms with Crippen molar-refractivity contribution in [2.24, 2.45) is 5.41 Å². The minimum Gasteiger partial charge on any atom is -0.278 e. The first-order valence-corrected chi connectivity index (χ1v) is 7.32. The molecule has 1 saturated carbocycles. The molecule has 0 aromatic heterocycles. The Balaban J connectivity index is 1.94. The summed E-state index contributed by atoms with van der Waals surface area (Å²) in [6.45, 7) is 5.67. The lowest BCUT2D eigenvalue weighted by Crippen LogP contribution is -2.44. The number of hydrogen-bond donors (Lipinski definition) is 0. The summed E-state index contributed by atoms with van der Waals surface area (Å²) in [5.41, 5.74) is 1.45. The molecule has 0 radical (unpaired) electrons. The summed E-state index contributed by atoms with van der Waals surface area (Å²) >= 11 is 0. The average molecular weight is 254 g/mol. The van der Waals surface area contributed by atoms with E-state index in [1.54, 1.807) is 0 Å². The molecule has 2 nitrogen and oxygen atoms in total. The third-order valence-electron chi connectivity index (χ3n) is 5.15. The van der Waals surface area contributed by atoms with Crippen molar-refractivity contribution in [2.45, 2.75) is 51.1 Å². The molecule has 1 aromatic carbocycles. The normalized spacial score (nSPS) is 35.8. The number of nitriles is 1. The molecule has 3 atom stereocenters. The Morgan fingerprint density at radius 3 is 2.68 bits per heavy atom. The molecule has 1 aromatic rings. The van der Waals surface area contributed by atoms with Crippen LogP contribution in [0.25, 0.3) is 0 Å². The fourth-order valence-electron chi connectivity index (χ4n) is 4.21. The van der Waals surface area contributed by atoms with Crippen molar-refractivity contribution >= 4 is 0 Å². The van der Waals surface area contributed by atoms with E-state index in [9.17, 15) is 5.26 Å². The summed E-state index contributed by atoms with van der Waals surface area (Å²) < 4.78 is 0. The van der Waals surface area contributed by atoms with E-state index in [4.69, 9.17) is 0 Å². The van der Waals surface area contributed by atoms with Crippen LogP contribution in [0.1, 0.15) is 51.1 Å². The van der Waals surface area contributed by atoms with Crippen LogP contribution in [-0.2, 0) is 0 Å². The molecular weight excluding hydrogens is 232 g/mol. The summed E-state index contributed by atoms with van der Waals surface area (Å²) in [5, 5.41) is 9.76. The molecule has 0 N–H and O–H groups in total. The number of benzene rings is 1. The third kappa shape index (κ3) is 1.97. The Kier molecular flexibility index (Phi) is 2.91. The molecule has 3 rings (SSSR count). The molecule has 0 unspecified atom stereocenters. The first-order valence-electron chi connectivity index (χ1n) is 7.32. The first-order chi connectivity index (χ1) is 9.09. The average Bonchev–Trinajstić information content (AvgIpc) is 2.65. The smallest absolute Gasteiger partial charge is 0.110 e. The molecule has 100 valence electrons. The molecule has 1 aliphatic carbocycles. The maximum atomic E-state index is 9.76. The van der Waals surface area contributed by atoms with Gasteiger partial charge in [0.25, 0.3) is 0 Å². The standard InChI is InChI=1S/C17H22N2/c1-14(15-7-4-3-5-8-15)19-13-16(2)9-6-10-17(19,11-16)12-18/h3-5,7-8,14H,6,9-11,13H2,1-2H3/t14-,16-,17+/m1/s1. The molecule has 2 bridgehead atoms. The van der Waals surface area contributed by atoms with E-state index < -0.39 is 0 Å². The molecule has 19 heavy (non-hydrogen) atoms. The van der Waals surface area contributed by atoms with Gasteiger partial charge in [-0.3, -0.25) is 4.90 Å². The lowest BCUT2D eigenvalue weighted by molar-refractivity contribution is 0.131. The van der Waals surface area contributed by atoms with Gasteiger partial charge in [0.1, 0.15) is 5.54 Å². The second kappa shape index (κ2) is 4.35. The fourth-order valence-corrected chi connectivity index (χ4v) is 4.21. The minimum atomic E-state index is -0.220. The van der Waals surface area contributed by atoms with Crippen molar-refractivity contribution in [1.82, 2.24) is 4.90 Å². The van der Waals surface area contributed by atoms with Crippen LogP contribution in [0.5, 0.6) is 0 Å². The number of fused-ring (bicyclic) bond motifs is 2. The Morgan fingerprint density at radius 2 is 2.00 bits per heavy atom. The summed E-state index contributed by atoms with van der Waals surface area (Å²) in [7, 11) is 0. The Hall–Kier alpha value is -1.33. The van der Waals surface area contributed by atoms with Crippen LogP contribution in [0, 0.1) is 16.7 Å². The second-order valence-electron chi connectivity index (χ2n) is 6.70. The van der Waals surface area contributed by atoms with Crippen LogP contribution in [0.2, 0.25) is 0 Å². The highest BCUT2D eigenvalue weighted by Gasteiger charge is 2.55. The molecule has 1 saturated heterocycles. The summed E-state index contributed by atoms with van der Waals surface area (Å²) in [6, 6.07) is 13.6. The molecule has 2 fully saturated rings. The summed E-state index contributed by atoms with van der Waals surface area (Å²) in [4.78, 5) is 2.47. The van der Waals surface area contributed by atoms with Crippen LogP contribution in [0.15, 0.2) is 30.3 Å². The van der Waals surface area contributed by atoms with Crippen LogP contribution < -0.4 is 0 Å². The van der Waals surface area contributed by atoms with Crippen molar-refractivity contribution in [1.29, 1.82) is 5.26 Å². The monoisotopic (exact) mass is 254 g/mol. The van der Waals surface area contributed by atoms with Gasteiger partial charge in [-0.2, -0.15) is 5.26 Å². The summed E-state index contributed by atoms with van der Waals surface area (Å²) in [6.07, 6.45) is 4.56. The van der Waals surface area contributed by atoms with Gasteiger partial charge in [-0.1, -0.05) is 37.3 Å². The van der Waals surface area contributed by atoms with Gasteiger partial charge in [-0.05, 0) is 43.6 Å². The summed E-state index contributed by atoms with van der Waals surface area (Å²) in [5.74, 6) is 0. The second-order valence-corrected chi connectivity index (χ2v) is 6.70. The number of rotatable bonds is 2. The topological polar surface area (TPSA) is 27.0 Å². The van der Waals surface area contributed by atoms with E-state index in [-0.39, 0.29) is 5.54 Å². The highest BCUT2D eigenvalue weighted by atomic mass is 15.3. The van der Waals surface area contributed by atoms with E-state index in [0.717, 1.165) is 19.4 Å². The van der Waals surface area contributed by atoms with Crippen molar-refractivity contribution in [3.8, 4) is 6.07 Å². The largest absolute Gasteiger partial charge is 0.278 e. The third-order valence-corrected chi connectivity index (χ3v) is 5.15. The maximum Gasteiger partial charge on any atom is 0.110 e. The van der Waals surface area contributed by atoms with Crippen molar-refractivity contribution in [3.05, 3.63) is 35.9 Å². The van der Waals surface area contributed by atoms with Gasteiger partial charge in [-0.25, -0.2) is 0 Å². The quantitative estimate of drug-likeness (QED) is 0.800. The van der Waals surface area contributed by atoms with Crippen molar-refractivity contribution in [2.75, 3.05) is 6.54 Å². The minimum absolute atomic E-state index is 0.220. The van der Waals surface area contributed by atoms with E-state index in [1.165, 1.54) is 18.4 Å². The van der Waals surface area contributed by atoms with Crippen molar-refractivity contribution < 1.29 is 0 Å². The molecule has 1 aliphatic heterocycles.